The maximum atomic E-state index is 13.9. The normalized spacial score (nSPS) is 10.8. The third-order valence-electron chi connectivity index (χ3n) is 2.63. The first-order chi connectivity index (χ1) is 9.40. The van der Waals surface area contributed by atoms with Crippen LogP contribution in [-0.4, -0.2) is 0 Å². The molecule has 0 unspecified atom stereocenters. The predicted octanol–water partition coefficient (Wildman–Crippen LogP) is 4.50. The van der Waals surface area contributed by atoms with Crippen LogP contribution in [0.2, 0.25) is 10.0 Å². The topological polar surface area (TPSA) is 38.0 Å². The number of hydrogen-bond acceptors (Lipinski definition) is 2. The summed E-state index contributed by atoms with van der Waals surface area (Å²) >= 11 is 11.5. The van der Waals surface area contributed by atoms with Crippen LogP contribution in [0.1, 0.15) is 0 Å². The molecule has 0 saturated heterocycles. The molecule has 0 aromatic heterocycles. The molecule has 0 bridgehead atoms. The van der Waals surface area contributed by atoms with Crippen LogP contribution in [0.25, 0.3) is 11.1 Å². The van der Waals surface area contributed by atoms with Crippen molar-refractivity contribution in [2.24, 2.45) is 5.84 Å². The van der Waals surface area contributed by atoms with Crippen LogP contribution in [0.15, 0.2) is 18.2 Å². The van der Waals surface area contributed by atoms with Crippen molar-refractivity contribution in [3.63, 3.8) is 0 Å². The monoisotopic (exact) mass is 324 g/mol. The smallest absolute Gasteiger partial charge is 0.187 e. The van der Waals surface area contributed by atoms with Crippen molar-refractivity contribution in [3.05, 3.63) is 51.5 Å². The molecule has 0 aliphatic heterocycles. The third kappa shape index (κ3) is 2.19. The second-order valence-corrected chi connectivity index (χ2v) is 4.54. The van der Waals surface area contributed by atoms with E-state index in [-0.39, 0.29) is 15.6 Å². The largest absolute Gasteiger partial charge is 0.319 e. The van der Waals surface area contributed by atoms with Crippen LogP contribution in [0.3, 0.4) is 0 Å². The van der Waals surface area contributed by atoms with E-state index < -0.39 is 34.5 Å². The van der Waals surface area contributed by atoms with Gasteiger partial charge in [0.1, 0.15) is 5.69 Å². The highest BCUT2D eigenvalue weighted by molar-refractivity contribution is 6.43. The van der Waals surface area contributed by atoms with Gasteiger partial charge in [0.25, 0.3) is 0 Å². The second kappa shape index (κ2) is 5.47. The standard InChI is InChI=1S/C12H6Cl2F4N2/c13-5-3-1-2-4(7(5)14)6-8(15)10(17)12(20-19)11(18)9(6)16/h1-3,20H,19H2. The van der Waals surface area contributed by atoms with E-state index in [1.807, 2.05) is 0 Å². The highest BCUT2D eigenvalue weighted by Crippen LogP contribution is 2.39. The Kier molecular flexibility index (Phi) is 4.08. The van der Waals surface area contributed by atoms with Gasteiger partial charge in [0.2, 0.25) is 0 Å². The lowest BCUT2D eigenvalue weighted by molar-refractivity contribution is 0.463. The van der Waals surface area contributed by atoms with Gasteiger partial charge in [-0.2, -0.15) is 0 Å². The van der Waals surface area contributed by atoms with Crippen LogP contribution >= 0.6 is 23.2 Å². The SMILES string of the molecule is NNc1c(F)c(F)c(-c2cccc(Cl)c2Cl)c(F)c1F. The van der Waals surface area contributed by atoms with Gasteiger partial charge in [-0.15, -0.1) is 0 Å². The number of anilines is 1. The van der Waals surface area contributed by atoms with Crippen LogP contribution in [-0.2, 0) is 0 Å². The number of hydrazine groups is 1. The van der Waals surface area contributed by atoms with Gasteiger partial charge in [-0.3, -0.25) is 5.84 Å². The Morgan fingerprint density at radius 1 is 0.900 bits per heavy atom. The number of nitrogens with two attached hydrogens (primary N) is 1. The Bertz CT molecular complexity index is 663. The van der Waals surface area contributed by atoms with Crippen LogP contribution < -0.4 is 11.3 Å². The second-order valence-electron chi connectivity index (χ2n) is 3.75. The first-order valence-corrected chi connectivity index (χ1v) is 5.92. The number of nitrogens with one attached hydrogen (secondary N) is 1. The van der Waals surface area contributed by atoms with Crippen molar-refractivity contribution in [2.75, 3.05) is 5.43 Å². The molecule has 0 fully saturated rings. The lowest BCUT2D eigenvalue weighted by atomic mass is 10.0. The minimum atomic E-state index is -1.66. The van der Waals surface area contributed by atoms with Crippen molar-refractivity contribution >= 4 is 28.9 Å². The Morgan fingerprint density at radius 3 is 1.95 bits per heavy atom. The first-order valence-electron chi connectivity index (χ1n) is 5.17. The molecule has 106 valence electrons. The first kappa shape index (κ1) is 14.9. The molecule has 0 spiro atoms. The molecule has 2 rings (SSSR count). The van der Waals surface area contributed by atoms with Crippen molar-refractivity contribution < 1.29 is 17.6 Å². The van der Waals surface area contributed by atoms with Gasteiger partial charge in [0, 0.05) is 5.56 Å². The van der Waals surface area contributed by atoms with Gasteiger partial charge in [-0.05, 0) is 6.07 Å². The molecule has 0 heterocycles. The molecule has 2 nitrogen and oxygen atoms in total. The molecule has 2 aromatic carbocycles. The number of rotatable bonds is 2. The molecule has 0 saturated carbocycles. The average Bonchev–Trinajstić information content (AvgIpc) is 2.42. The maximum Gasteiger partial charge on any atom is 0.187 e. The minimum absolute atomic E-state index is 0.00944. The molecule has 0 atom stereocenters. The van der Waals surface area contributed by atoms with Gasteiger partial charge in [-0.1, -0.05) is 35.3 Å². The number of nitrogen functional groups attached to an aromatic ring is 1. The molecular formula is C12H6Cl2F4N2. The minimum Gasteiger partial charge on any atom is -0.319 e. The summed E-state index contributed by atoms with van der Waals surface area (Å²) < 4.78 is 55.1. The molecule has 2 aromatic rings. The average molecular weight is 325 g/mol. The zero-order chi connectivity index (χ0) is 15.0. The maximum absolute atomic E-state index is 13.9. The van der Waals surface area contributed by atoms with E-state index in [1.165, 1.54) is 18.2 Å². The van der Waals surface area contributed by atoms with Crippen molar-refractivity contribution in [1.29, 1.82) is 0 Å². The zero-order valence-corrected chi connectivity index (χ0v) is 11.1. The Labute approximate surface area is 121 Å². The fraction of sp³-hybridized carbons (Fsp3) is 0. The van der Waals surface area contributed by atoms with Crippen molar-refractivity contribution in [3.8, 4) is 11.1 Å². The van der Waals surface area contributed by atoms with E-state index in [9.17, 15) is 17.6 Å². The van der Waals surface area contributed by atoms with E-state index in [4.69, 9.17) is 29.0 Å². The summed E-state index contributed by atoms with van der Waals surface area (Å²) in [5.74, 6) is -1.74. The highest BCUT2D eigenvalue weighted by atomic mass is 35.5. The van der Waals surface area contributed by atoms with Crippen LogP contribution in [0.4, 0.5) is 23.2 Å². The van der Waals surface area contributed by atoms with E-state index in [2.05, 4.69) is 0 Å². The van der Waals surface area contributed by atoms with E-state index >= 15 is 0 Å². The summed E-state index contributed by atoms with van der Waals surface area (Å²) in [6.45, 7) is 0. The molecule has 0 amide bonds. The van der Waals surface area contributed by atoms with E-state index in [0.717, 1.165) is 0 Å². The summed E-state index contributed by atoms with van der Waals surface area (Å²) in [5, 5.41) is -0.232. The number of hydrogen-bond donors (Lipinski definition) is 2. The summed E-state index contributed by atoms with van der Waals surface area (Å²) in [6.07, 6.45) is 0. The highest BCUT2D eigenvalue weighted by Gasteiger charge is 2.27. The lowest BCUT2D eigenvalue weighted by Gasteiger charge is -2.13. The fourth-order valence-electron chi connectivity index (χ4n) is 1.69. The Hall–Kier alpha value is -1.50. The Balaban J connectivity index is 2.85. The van der Waals surface area contributed by atoms with Gasteiger partial charge in [0.05, 0.1) is 15.6 Å². The van der Waals surface area contributed by atoms with Crippen LogP contribution in [0.5, 0.6) is 0 Å². The van der Waals surface area contributed by atoms with Crippen LogP contribution in [0, 0.1) is 23.3 Å². The molecule has 20 heavy (non-hydrogen) atoms. The van der Waals surface area contributed by atoms with Gasteiger partial charge >= 0.3 is 0 Å². The zero-order valence-electron chi connectivity index (χ0n) is 9.58. The van der Waals surface area contributed by atoms with E-state index in [0.29, 0.717) is 0 Å². The summed E-state index contributed by atoms with van der Waals surface area (Å²) in [7, 11) is 0. The predicted molar refractivity (Wildman–Crippen MR) is 69.5 cm³/mol. The molecule has 0 aliphatic carbocycles. The molecule has 3 N–H and O–H groups in total. The third-order valence-corrected chi connectivity index (χ3v) is 3.45. The quantitative estimate of drug-likeness (QED) is 0.369. The van der Waals surface area contributed by atoms with Gasteiger partial charge in [0.15, 0.2) is 23.3 Å². The van der Waals surface area contributed by atoms with E-state index in [1.54, 1.807) is 5.43 Å². The van der Waals surface area contributed by atoms with Gasteiger partial charge < -0.3 is 5.43 Å². The summed E-state index contributed by atoms with van der Waals surface area (Å²) in [6, 6.07) is 3.89. The molecule has 8 heteroatoms. The summed E-state index contributed by atoms with van der Waals surface area (Å²) in [5.41, 5.74) is -0.769. The number of halogens is 6. The molecule has 0 radical (unpaired) electrons. The molecule has 0 aliphatic rings. The summed E-state index contributed by atoms with van der Waals surface area (Å²) in [4.78, 5) is 0. The van der Waals surface area contributed by atoms with Crippen molar-refractivity contribution in [2.45, 2.75) is 0 Å². The molecular weight excluding hydrogens is 319 g/mol. The van der Waals surface area contributed by atoms with Crippen molar-refractivity contribution in [1.82, 2.24) is 0 Å². The lowest BCUT2D eigenvalue weighted by Crippen LogP contribution is -2.14. The Morgan fingerprint density at radius 2 is 1.45 bits per heavy atom. The number of benzene rings is 2. The van der Waals surface area contributed by atoms with Gasteiger partial charge in [-0.25, -0.2) is 17.6 Å². The fourth-order valence-corrected chi connectivity index (χ4v) is 2.09.